The maximum Gasteiger partial charge on any atom is 0.167 e. The SMILES string of the molecule is Cc1cc2c(s1)-n1c(C)nnc1C(C)OC2. The van der Waals surface area contributed by atoms with Gasteiger partial charge in [0.05, 0.1) is 6.61 Å². The zero-order valence-corrected chi connectivity index (χ0v) is 10.3. The molecule has 0 aliphatic carbocycles. The van der Waals surface area contributed by atoms with Gasteiger partial charge in [-0.3, -0.25) is 4.57 Å². The summed E-state index contributed by atoms with van der Waals surface area (Å²) in [5.74, 6) is 1.83. The van der Waals surface area contributed by atoms with Crippen LogP contribution in [0.2, 0.25) is 0 Å². The molecular weight excluding hydrogens is 222 g/mol. The first-order valence-electron chi connectivity index (χ1n) is 5.30. The van der Waals surface area contributed by atoms with E-state index >= 15 is 0 Å². The maximum absolute atomic E-state index is 5.77. The smallest absolute Gasteiger partial charge is 0.167 e. The van der Waals surface area contributed by atoms with Crippen molar-refractivity contribution in [2.24, 2.45) is 0 Å². The van der Waals surface area contributed by atoms with Crippen molar-refractivity contribution < 1.29 is 4.74 Å². The summed E-state index contributed by atoms with van der Waals surface area (Å²) >= 11 is 1.77. The van der Waals surface area contributed by atoms with Crippen molar-refractivity contribution in [3.63, 3.8) is 0 Å². The van der Waals surface area contributed by atoms with Crippen LogP contribution in [0.1, 0.15) is 35.1 Å². The minimum absolute atomic E-state index is 0.00102. The van der Waals surface area contributed by atoms with Crippen LogP contribution in [0, 0.1) is 13.8 Å². The highest BCUT2D eigenvalue weighted by atomic mass is 32.1. The molecule has 16 heavy (non-hydrogen) atoms. The molecule has 0 bridgehead atoms. The van der Waals surface area contributed by atoms with Gasteiger partial charge in [0.2, 0.25) is 0 Å². The van der Waals surface area contributed by atoms with Crippen LogP contribution in [0.4, 0.5) is 0 Å². The number of aryl methyl sites for hydroxylation is 2. The summed E-state index contributed by atoms with van der Waals surface area (Å²) in [6.07, 6.45) is 0.00102. The van der Waals surface area contributed by atoms with Gasteiger partial charge in [0.1, 0.15) is 16.9 Å². The summed E-state index contributed by atoms with van der Waals surface area (Å²) in [6.45, 7) is 6.77. The molecule has 0 aromatic carbocycles. The zero-order valence-electron chi connectivity index (χ0n) is 9.52. The Balaban J connectivity index is 2.29. The summed E-state index contributed by atoms with van der Waals surface area (Å²) in [5, 5.41) is 9.55. The van der Waals surface area contributed by atoms with Crippen molar-refractivity contribution in [2.75, 3.05) is 0 Å². The lowest BCUT2D eigenvalue weighted by Gasteiger charge is -2.08. The van der Waals surface area contributed by atoms with E-state index in [0.29, 0.717) is 6.61 Å². The number of thiophene rings is 1. The average Bonchev–Trinajstić information content (AvgIpc) is 2.75. The van der Waals surface area contributed by atoms with Crippen LogP contribution in [0.15, 0.2) is 6.07 Å². The second-order valence-electron chi connectivity index (χ2n) is 4.08. The van der Waals surface area contributed by atoms with Gasteiger partial charge in [-0.05, 0) is 26.8 Å². The van der Waals surface area contributed by atoms with Crippen LogP contribution >= 0.6 is 11.3 Å². The highest BCUT2D eigenvalue weighted by Gasteiger charge is 2.24. The molecule has 0 N–H and O–H groups in total. The quantitative estimate of drug-likeness (QED) is 0.704. The van der Waals surface area contributed by atoms with E-state index < -0.39 is 0 Å². The molecule has 0 radical (unpaired) electrons. The van der Waals surface area contributed by atoms with Crippen molar-refractivity contribution in [1.29, 1.82) is 0 Å². The Morgan fingerprint density at radius 2 is 2.25 bits per heavy atom. The van der Waals surface area contributed by atoms with Gasteiger partial charge in [0.15, 0.2) is 5.82 Å². The Labute approximate surface area is 97.9 Å². The van der Waals surface area contributed by atoms with Crippen molar-refractivity contribution >= 4 is 11.3 Å². The number of ether oxygens (including phenoxy) is 1. The van der Waals surface area contributed by atoms with E-state index in [9.17, 15) is 0 Å². The van der Waals surface area contributed by atoms with Gasteiger partial charge in [-0.1, -0.05) is 0 Å². The standard InChI is InChI=1S/C11H13N3OS/c1-6-4-9-5-15-7(2)10-13-12-8(3)14(10)11(9)16-6/h4,7H,5H2,1-3H3. The summed E-state index contributed by atoms with van der Waals surface area (Å²) in [4.78, 5) is 1.29. The fraction of sp³-hybridized carbons (Fsp3) is 0.455. The molecule has 0 fully saturated rings. The Hall–Kier alpha value is -1.20. The molecule has 2 aromatic heterocycles. The topological polar surface area (TPSA) is 39.9 Å². The zero-order chi connectivity index (χ0) is 11.3. The number of nitrogens with zero attached hydrogens (tertiary/aromatic N) is 3. The Kier molecular flexibility index (Phi) is 2.12. The monoisotopic (exact) mass is 235 g/mol. The van der Waals surface area contributed by atoms with Gasteiger partial charge in [0.25, 0.3) is 0 Å². The Morgan fingerprint density at radius 3 is 3.06 bits per heavy atom. The van der Waals surface area contributed by atoms with Crippen LogP contribution < -0.4 is 0 Å². The van der Waals surface area contributed by atoms with Gasteiger partial charge < -0.3 is 4.74 Å². The predicted molar refractivity (Wildman–Crippen MR) is 61.9 cm³/mol. The lowest BCUT2D eigenvalue weighted by Crippen LogP contribution is -2.04. The largest absolute Gasteiger partial charge is 0.366 e. The molecule has 0 amide bonds. The lowest BCUT2D eigenvalue weighted by atomic mass is 10.3. The Bertz CT molecular complexity index is 543. The van der Waals surface area contributed by atoms with Gasteiger partial charge in [-0.25, -0.2) is 0 Å². The summed E-state index contributed by atoms with van der Waals surface area (Å²) in [6, 6.07) is 2.18. The number of hydrogen-bond acceptors (Lipinski definition) is 4. The fourth-order valence-corrected chi connectivity index (χ4v) is 3.10. The number of aromatic nitrogens is 3. The van der Waals surface area contributed by atoms with E-state index in [-0.39, 0.29) is 6.10 Å². The first kappa shape index (κ1) is 9.99. The Morgan fingerprint density at radius 1 is 1.44 bits per heavy atom. The minimum Gasteiger partial charge on any atom is -0.366 e. The molecule has 3 rings (SSSR count). The van der Waals surface area contributed by atoms with Gasteiger partial charge >= 0.3 is 0 Å². The molecule has 1 atom stereocenters. The van der Waals surface area contributed by atoms with E-state index in [1.165, 1.54) is 15.4 Å². The third-order valence-electron chi connectivity index (χ3n) is 2.82. The molecular formula is C11H13N3OS. The van der Waals surface area contributed by atoms with Crippen LogP contribution in [-0.2, 0) is 11.3 Å². The molecule has 1 aliphatic rings. The third-order valence-corrected chi connectivity index (χ3v) is 3.89. The highest BCUT2D eigenvalue weighted by Crippen LogP contribution is 2.34. The van der Waals surface area contributed by atoms with Crippen LogP contribution in [0.5, 0.6) is 0 Å². The molecule has 0 saturated carbocycles. The van der Waals surface area contributed by atoms with Gasteiger partial charge in [0, 0.05) is 10.4 Å². The molecule has 3 heterocycles. The second kappa shape index (κ2) is 3.40. The first-order chi connectivity index (χ1) is 7.66. The van der Waals surface area contributed by atoms with E-state index in [0.717, 1.165) is 11.6 Å². The van der Waals surface area contributed by atoms with Crippen molar-refractivity contribution in [1.82, 2.24) is 14.8 Å². The van der Waals surface area contributed by atoms with E-state index in [4.69, 9.17) is 4.74 Å². The molecule has 1 unspecified atom stereocenters. The second-order valence-corrected chi connectivity index (χ2v) is 5.32. The van der Waals surface area contributed by atoms with Crippen molar-refractivity contribution in [3.05, 3.63) is 28.2 Å². The lowest BCUT2D eigenvalue weighted by molar-refractivity contribution is 0.0496. The maximum atomic E-state index is 5.77. The van der Waals surface area contributed by atoms with Crippen LogP contribution in [0.3, 0.4) is 0 Å². The molecule has 1 aliphatic heterocycles. The number of rotatable bonds is 0. The minimum atomic E-state index is 0.00102. The molecule has 84 valence electrons. The van der Waals surface area contributed by atoms with E-state index in [1.54, 1.807) is 11.3 Å². The fourth-order valence-electron chi connectivity index (χ4n) is 2.03. The third kappa shape index (κ3) is 1.32. The van der Waals surface area contributed by atoms with E-state index in [1.807, 2.05) is 13.8 Å². The molecule has 0 spiro atoms. The molecule has 5 heteroatoms. The molecule has 0 saturated heterocycles. The average molecular weight is 235 g/mol. The summed E-state index contributed by atoms with van der Waals surface area (Å²) in [7, 11) is 0. The van der Waals surface area contributed by atoms with Gasteiger partial charge in [-0.2, -0.15) is 0 Å². The molecule has 2 aromatic rings. The number of fused-ring (bicyclic) bond motifs is 3. The van der Waals surface area contributed by atoms with Crippen molar-refractivity contribution in [2.45, 2.75) is 33.5 Å². The van der Waals surface area contributed by atoms with E-state index in [2.05, 4.69) is 27.8 Å². The van der Waals surface area contributed by atoms with Crippen LogP contribution in [-0.4, -0.2) is 14.8 Å². The summed E-state index contributed by atoms with van der Waals surface area (Å²) in [5.41, 5.74) is 1.23. The summed E-state index contributed by atoms with van der Waals surface area (Å²) < 4.78 is 7.88. The number of hydrogen-bond donors (Lipinski definition) is 0. The van der Waals surface area contributed by atoms with Gasteiger partial charge in [-0.15, -0.1) is 21.5 Å². The predicted octanol–water partition coefficient (Wildman–Crippen LogP) is 2.54. The first-order valence-corrected chi connectivity index (χ1v) is 6.11. The van der Waals surface area contributed by atoms with Crippen molar-refractivity contribution in [3.8, 4) is 5.00 Å². The van der Waals surface area contributed by atoms with Crippen LogP contribution in [0.25, 0.3) is 5.00 Å². The molecule has 4 nitrogen and oxygen atoms in total. The normalized spacial score (nSPS) is 19.1. The highest BCUT2D eigenvalue weighted by molar-refractivity contribution is 7.14.